The van der Waals surface area contributed by atoms with Gasteiger partial charge in [0.15, 0.2) is 5.43 Å². The predicted octanol–water partition coefficient (Wildman–Crippen LogP) is 4.70. The van der Waals surface area contributed by atoms with Crippen LogP contribution < -0.4 is 5.43 Å². The monoisotopic (exact) mass is 431 g/mol. The molecule has 31 heavy (non-hydrogen) atoms. The first-order valence-electron chi connectivity index (χ1n) is 9.62. The third-order valence-corrected chi connectivity index (χ3v) is 5.60. The zero-order valence-electron chi connectivity index (χ0n) is 17.1. The smallest absolute Gasteiger partial charge is 0.417 e. The van der Waals surface area contributed by atoms with Gasteiger partial charge in [-0.3, -0.25) is 9.48 Å². The van der Waals surface area contributed by atoms with Crippen molar-refractivity contribution in [3.63, 3.8) is 0 Å². The van der Waals surface area contributed by atoms with Crippen molar-refractivity contribution in [2.24, 2.45) is 5.41 Å². The lowest BCUT2D eigenvalue weighted by Gasteiger charge is -2.38. The van der Waals surface area contributed by atoms with Crippen LogP contribution in [0, 0.1) is 5.41 Å². The van der Waals surface area contributed by atoms with Gasteiger partial charge in [0, 0.05) is 17.8 Å². The van der Waals surface area contributed by atoms with Crippen LogP contribution >= 0.6 is 0 Å². The highest BCUT2D eigenvalue weighted by atomic mass is 19.4. The van der Waals surface area contributed by atoms with Gasteiger partial charge in [0.1, 0.15) is 5.56 Å². The lowest BCUT2D eigenvalue weighted by molar-refractivity contribution is -0.137. The van der Waals surface area contributed by atoms with Crippen LogP contribution in [-0.4, -0.2) is 25.4 Å². The summed E-state index contributed by atoms with van der Waals surface area (Å²) in [6.45, 7) is 6.22. The molecule has 0 aliphatic carbocycles. The number of carboxylic acids is 1. The van der Waals surface area contributed by atoms with Crippen molar-refractivity contribution < 1.29 is 23.1 Å². The molecular weight excluding hydrogens is 411 g/mol. The van der Waals surface area contributed by atoms with E-state index < -0.39 is 23.1 Å². The van der Waals surface area contributed by atoms with Gasteiger partial charge in [-0.05, 0) is 17.0 Å². The minimum absolute atomic E-state index is 0.0493. The van der Waals surface area contributed by atoms with E-state index in [2.05, 4.69) is 5.10 Å². The van der Waals surface area contributed by atoms with Gasteiger partial charge in [0.05, 0.1) is 35.7 Å². The Morgan fingerprint density at radius 3 is 2.45 bits per heavy atom. The first kappa shape index (κ1) is 20.9. The maximum Gasteiger partial charge on any atom is 0.417 e. The van der Waals surface area contributed by atoms with Gasteiger partial charge in [-0.25, -0.2) is 4.79 Å². The fourth-order valence-electron chi connectivity index (χ4n) is 4.06. The van der Waals surface area contributed by atoms with Crippen LogP contribution in [0.2, 0.25) is 0 Å². The summed E-state index contributed by atoms with van der Waals surface area (Å²) in [6.07, 6.45) is -1.92. The zero-order chi connectivity index (χ0) is 22.7. The van der Waals surface area contributed by atoms with Crippen LogP contribution in [0.5, 0.6) is 0 Å². The van der Waals surface area contributed by atoms with Gasteiger partial charge in [-0.15, -0.1) is 0 Å². The zero-order valence-corrected chi connectivity index (χ0v) is 17.1. The number of pyridine rings is 1. The largest absolute Gasteiger partial charge is 0.477 e. The molecule has 3 heterocycles. The Bertz CT molecular complexity index is 1250. The second kappa shape index (κ2) is 6.83. The molecule has 9 heteroatoms. The average molecular weight is 431 g/mol. The SMILES string of the molecule is CC(C)(C)[C@@H]1Cn2ncc(-c3ccccc3C(F)(F)F)c2-c2cc(=O)c(C(=O)O)cn21. The fourth-order valence-corrected chi connectivity index (χ4v) is 4.06. The number of alkyl halides is 3. The summed E-state index contributed by atoms with van der Waals surface area (Å²) in [5.41, 5.74) is -1.37. The number of hydrogen-bond acceptors (Lipinski definition) is 3. The van der Waals surface area contributed by atoms with Crippen molar-refractivity contribution in [1.82, 2.24) is 14.3 Å². The van der Waals surface area contributed by atoms with Crippen LogP contribution in [0.15, 0.2) is 47.5 Å². The van der Waals surface area contributed by atoms with E-state index in [0.717, 1.165) is 6.07 Å². The van der Waals surface area contributed by atoms with Crippen molar-refractivity contribution in [2.75, 3.05) is 0 Å². The van der Waals surface area contributed by atoms with Gasteiger partial charge in [-0.2, -0.15) is 18.3 Å². The Kier molecular flexibility index (Phi) is 4.60. The van der Waals surface area contributed by atoms with Crippen molar-refractivity contribution in [3.8, 4) is 22.5 Å². The molecule has 3 aromatic rings. The number of aromatic nitrogens is 3. The van der Waals surface area contributed by atoms with Crippen LogP contribution in [0.25, 0.3) is 22.5 Å². The first-order valence-corrected chi connectivity index (χ1v) is 9.62. The summed E-state index contributed by atoms with van der Waals surface area (Å²) >= 11 is 0. The molecule has 0 bridgehead atoms. The molecule has 0 amide bonds. The molecule has 0 radical (unpaired) electrons. The Morgan fingerprint density at radius 2 is 1.84 bits per heavy atom. The fraction of sp³-hybridized carbons (Fsp3) is 0.318. The minimum atomic E-state index is -4.57. The van der Waals surface area contributed by atoms with Crippen LogP contribution in [0.4, 0.5) is 13.2 Å². The number of carbonyl (C=O) groups is 1. The van der Waals surface area contributed by atoms with Crippen molar-refractivity contribution in [1.29, 1.82) is 0 Å². The van der Waals surface area contributed by atoms with E-state index in [4.69, 9.17) is 0 Å². The van der Waals surface area contributed by atoms with E-state index in [9.17, 15) is 27.9 Å². The van der Waals surface area contributed by atoms with Gasteiger partial charge >= 0.3 is 12.1 Å². The number of benzene rings is 1. The van der Waals surface area contributed by atoms with Crippen molar-refractivity contribution >= 4 is 5.97 Å². The van der Waals surface area contributed by atoms with Crippen LogP contribution in [0.3, 0.4) is 0 Å². The van der Waals surface area contributed by atoms with E-state index in [1.54, 1.807) is 9.25 Å². The number of halogens is 3. The highest BCUT2D eigenvalue weighted by Crippen LogP contribution is 2.45. The standard InChI is InChI=1S/C22H20F3N3O3/c1-21(2,3)18-11-28-19(16-8-17(29)14(20(30)31)10-27(16)18)13(9-26-28)12-6-4-5-7-15(12)22(23,24)25/h4-10,18H,11H2,1-3H3,(H,30,31)/t18-/m0/s1. The maximum atomic E-state index is 13.6. The number of hydrogen-bond donors (Lipinski definition) is 1. The summed E-state index contributed by atoms with van der Waals surface area (Å²) < 4.78 is 44.2. The molecule has 0 saturated heterocycles. The molecule has 1 aliphatic rings. The number of carboxylic acid groups (broad SMARTS) is 1. The van der Waals surface area contributed by atoms with Crippen molar-refractivity contribution in [2.45, 2.75) is 39.5 Å². The molecule has 4 rings (SSSR count). The van der Waals surface area contributed by atoms with E-state index in [1.165, 1.54) is 36.7 Å². The third kappa shape index (κ3) is 3.43. The highest BCUT2D eigenvalue weighted by Gasteiger charge is 2.38. The highest BCUT2D eigenvalue weighted by molar-refractivity contribution is 5.88. The van der Waals surface area contributed by atoms with E-state index in [-0.39, 0.29) is 28.1 Å². The van der Waals surface area contributed by atoms with Gasteiger partial charge in [0.25, 0.3) is 0 Å². The molecule has 1 atom stereocenters. The molecule has 6 nitrogen and oxygen atoms in total. The van der Waals surface area contributed by atoms with E-state index in [1.807, 2.05) is 20.8 Å². The van der Waals surface area contributed by atoms with Crippen LogP contribution in [0.1, 0.15) is 42.7 Å². The number of nitrogens with zero attached hydrogens (tertiary/aromatic N) is 3. The molecule has 0 fully saturated rings. The molecule has 0 unspecified atom stereocenters. The Balaban J connectivity index is 2.03. The molecule has 1 N–H and O–H groups in total. The summed E-state index contributed by atoms with van der Waals surface area (Å²) in [5, 5.41) is 13.7. The summed E-state index contributed by atoms with van der Waals surface area (Å²) in [7, 11) is 0. The van der Waals surface area contributed by atoms with E-state index >= 15 is 0 Å². The van der Waals surface area contributed by atoms with Gasteiger partial charge < -0.3 is 9.67 Å². The summed E-state index contributed by atoms with van der Waals surface area (Å²) in [4.78, 5) is 24.0. The second-order valence-corrected chi connectivity index (χ2v) is 8.66. The normalized spacial score (nSPS) is 16.0. The van der Waals surface area contributed by atoms with Crippen molar-refractivity contribution in [3.05, 3.63) is 64.1 Å². The lowest BCUT2D eigenvalue weighted by Crippen LogP contribution is -2.35. The number of aromatic carboxylic acids is 1. The molecule has 162 valence electrons. The second-order valence-electron chi connectivity index (χ2n) is 8.66. The number of fused-ring (bicyclic) bond motifs is 3. The Hall–Kier alpha value is -3.36. The molecule has 1 aromatic carbocycles. The summed E-state index contributed by atoms with van der Waals surface area (Å²) in [5.74, 6) is -1.35. The Labute approximate surface area is 175 Å². The minimum Gasteiger partial charge on any atom is -0.477 e. The van der Waals surface area contributed by atoms with Crippen LogP contribution in [-0.2, 0) is 12.7 Å². The molecular formula is C22H20F3N3O3. The Morgan fingerprint density at radius 1 is 1.16 bits per heavy atom. The summed E-state index contributed by atoms with van der Waals surface area (Å²) in [6, 6.07) is 6.10. The molecule has 0 saturated carbocycles. The quantitative estimate of drug-likeness (QED) is 0.638. The molecule has 2 aromatic heterocycles. The topological polar surface area (TPSA) is 77.1 Å². The predicted molar refractivity (Wildman–Crippen MR) is 108 cm³/mol. The molecule has 1 aliphatic heterocycles. The number of rotatable bonds is 2. The lowest BCUT2D eigenvalue weighted by atomic mass is 9.84. The van der Waals surface area contributed by atoms with Gasteiger partial charge in [-0.1, -0.05) is 39.0 Å². The van der Waals surface area contributed by atoms with Gasteiger partial charge in [0.2, 0.25) is 0 Å². The molecule has 0 spiro atoms. The third-order valence-electron chi connectivity index (χ3n) is 5.60. The average Bonchev–Trinajstić information content (AvgIpc) is 3.09. The van der Waals surface area contributed by atoms with E-state index in [0.29, 0.717) is 17.9 Å². The maximum absolute atomic E-state index is 13.6. The first-order chi connectivity index (χ1) is 14.4.